The van der Waals surface area contributed by atoms with Gasteiger partial charge in [-0.15, -0.1) is 0 Å². The Hall–Kier alpha value is -2.15. The van der Waals surface area contributed by atoms with E-state index in [2.05, 4.69) is 10.3 Å². The standard InChI is InChI=1S/C21H26FN3O2S/c1-14-18(12-15-8-10-16(22)11-9-15)20(27)25(2)21(23-14)28-13-19(26)24-17-6-4-3-5-7-17/h8-11,17H,3-7,12-13H2,1-2H3,(H,24,26). The number of aryl methyl sites for hydroxylation is 1. The molecule has 1 aliphatic rings. The van der Waals surface area contributed by atoms with Gasteiger partial charge in [0.1, 0.15) is 5.82 Å². The van der Waals surface area contributed by atoms with Crippen LogP contribution in [0.2, 0.25) is 0 Å². The maximum atomic E-state index is 13.1. The Morgan fingerprint density at radius 1 is 1.25 bits per heavy atom. The van der Waals surface area contributed by atoms with E-state index in [1.165, 1.54) is 47.7 Å². The number of hydrogen-bond donors (Lipinski definition) is 1. The van der Waals surface area contributed by atoms with Gasteiger partial charge in [0.25, 0.3) is 5.56 Å². The fraction of sp³-hybridized carbons (Fsp3) is 0.476. The Morgan fingerprint density at radius 3 is 2.61 bits per heavy atom. The highest BCUT2D eigenvalue weighted by molar-refractivity contribution is 7.99. The molecule has 3 rings (SSSR count). The van der Waals surface area contributed by atoms with Gasteiger partial charge in [0.2, 0.25) is 5.91 Å². The summed E-state index contributed by atoms with van der Waals surface area (Å²) in [4.78, 5) is 29.5. The Kier molecular flexibility index (Phi) is 6.88. The Labute approximate surface area is 168 Å². The predicted molar refractivity (Wildman–Crippen MR) is 109 cm³/mol. The first-order chi connectivity index (χ1) is 13.4. The van der Waals surface area contributed by atoms with Crippen LogP contribution in [0.5, 0.6) is 0 Å². The number of thioether (sulfide) groups is 1. The van der Waals surface area contributed by atoms with Gasteiger partial charge in [0.05, 0.1) is 5.75 Å². The summed E-state index contributed by atoms with van der Waals surface area (Å²) in [6.07, 6.45) is 6.08. The van der Waals surface area contributed by atoms with Crippen LogP contribution < -0.4 is 10.9 Å². The van der Waals surface area contributed by atoms with Gasteiger partial charge in [0, 0.05) is 30.8 Å². The molecular weight excluding hydrogens is 377 g/mol. The fourth-order valence-corrected chi connectivity index (χ4v) is 4.34. The molecule has 0 aliphatic heterocycles. The molecule has 0 bridgehead atoms. The van der Waals surface area contributed by atoms with Crippen LogP contribution in [0, 0.1) is 12.7 Å². The van der Waals surface area contributed by atoms with E-state index in [1.54, 1.807) is 26.1 Å². The molecule has 5 nitrogen and oxygen atoms in total. The Bertz CT molecular complexity index is 890. The maximum absolute atomic E-state index is 13.1. The number of halogens is 1. The minimum Gasteiger partial charge on any atom is -0.353 e. The average Bonchev–Trinajstić information content (AvgIpc) is 2.69. The van der Waals surface area contributed by atoms with Gasteiger partial charge in [0.15, 0.2) is 5.16 Å². The molecule has 150 valence electrons. The highest BCUT2D eigenvalue weighted by Gasteiger charge is 2.17. The third-order valence-corrected chi connectivity index (χ3v) is 6.18. The molecule has 0 saturated heterocycles. The van der Waals surface area contributed by atoms with Crippen LogP contribution in [0.3, 0.4) is 0 Å². The van der Waals surface area contributed by atoms with E-state index in [0.717, 1.165) is 18.4 Å². The molecule has 1 aliphatic carbocycles. The van der Waals surface area contributed by atoms with Gasteiger partial charge in [-0.2, -0.15) is 0 Å². The zero-order valence-electron chi connectivity index (χ0n) is 16.3. The van der Waals surface area contributed by atoms with Crippen molar-refractivity contribution in [2.75, 3.05) is 5.75 Å². The topological polar surface area (TPSA) is 64.0 Å². The highest BCUT2D eigenvalue weighted by atomic mass is 32.2. The lowest BCUT2D eigenvalue weighted by Gasteiger charge is -2.22. The summed E-state index contributed by atoms with van der Waals surface area (Å²) < 4.78 is 14.6. The zero-order valence-corrected chi connectivity index (χ0v) is 17.2. The fourth-order valence-electron chi connectivity index (χ4n) is 3.52. The highest BCUT2D eigenvalue weighted by Crippen LogP contribution is 2.19. The van der Waals surface area contributed by atoms with E-state index < -0.39 is 0 Å². The summed E-state index contributed by atoms with van der Waals surface area (Å²) in [6.45, 7) is 1.80. The van der Waals surface area contributed by atoms with Crippen LogP contribution >= 0.6 is 11.8 Å². The number of rotatable bonds is 6. The predicted octanol–water partition coefficient (Wildman–Crippen LogP) is 3.36. The van der Waals surface area contributed by atoms with Crippen molar-refractivity contribution < 1.29 is 9.18 Å². The van der Waals surface area contributed by atoms with Gasteiger partial charge in [-0.25, -0.2) is 9.37 Å². The maximum Gasteiger partial charge on any atom is 0.257 e. The summed E-state index contributed by atoms with van der Waals surface area (Å²) >= 11 is 1.28. The monoisotopic (exact) mass is 403 g/mol. The quantitative estimate of drug-likeness (QED) is 0.593. The van der Waals surface area contributed by atoms with Crippen LogP contribution in [0.15, 0.2) is 34.2 Å². The minimum atomic E-state index is -0.301. The molecule has 1 aromatic heterocycles. The molecule has 1 amide bonds. The molecule has 0 unspecified atom stereocenters. The molecule has 0 atom stereocenters. The minimum absolute atomic E-state index is 0.0146. The summed E-state index contributed by atoms with van der Waals surface area (Å²) in [5.41, 5.74) is 1.95. The molecule has 28 heavy (non-hydrogen) atoms. The van der Waals surface area contributed by atoms with E-state index in [-0.39, 0.29) is 29.1 Å². The number of amides is 1. The molecule has 2 aromatic rings. The second-order valence-electron chi connectivity index (χ2n) is 7.32. The van der Waals surface area contributed by atoms with E-state index in [4.69, 9.17) is 0 Å². The first-order valence-corrected chi connectivity index (χ1v) is 10.7. The molecule has 1 aromatic carbocycles. The second kappa shape index (κ2) is 9.37. The Morgan fingerprint density at radius 2 is 1.93 bits per heavy atom. The molecule has 1 N–H and O–H groups in total. The summed E-state index contributed by atoms with van der Waals surface area (Å²) in [6, 6.07) is 6.40. The number of benzene rings is 1. The summed E-state index contributed by atoms with van der Waals surface area (Å²) in [5.74, 6) is -0.0722. The van der Waals surface area contributed by atoms with Crippen molar-refractivity contribution in [1.82, 2.24) is 14.9 Å². The lowest BCUT2D eigenvalue weighted by atomic mass is 9.95. The van der Waals surface area contributed by atoms with Gasteiger partial charge in [-0.3, -0.25) is 14.2 Å². The van der Waals surface area contributed by atoms with Crippen molar-refractivity contribution in [3.63, 3.8) is 0 Å². The number of carbonyl (C=O) groups excluding carboxylic acids is 1. The van der Waals surface area contributed by atoms with Gasteiger partial charge >= 0.3 is 0 Å². The number of hydrogen-bond acceptors (Lipinski definition) is 4. The van der Waals surface area contributed by atoms with E-state index in [9.17, 15) is 14.0 Å². The van der Waals surface area contributed by atoms with Crippen molar-refractivity contribution >= 4 is 17.7 Å². The van der Waals surface area contributed by atoms with Crippen molar-refractivity contribution in [3.05, 3.63) is 57.3 Å². The molecule has 1 saturated carbocycles. The van der Waals surface area contributed by atoms with Crippen LogP contribution in [0.1, 0.15) is 48.9 Å². The first-order valence-electron chi connectivity index (χ1n) is 9.67. The van der Waals surface area contributed by atoms with Crippen LogP contribution in [-0.4, -0.2) is 27.3 Å². The van der Waals surface area contributed by atoms with Gasteiger partial charge in [-0.05, 0) is 37.5 Å². The lowest BCUT2D eigenvalue weighted by Crippen LogP contribution is -2.37. The van der Waals surface area contributed by atoms with Gasteiger partial charge < -0.3 is 5.32 Å². The SMILES string of the molecule is Cc1nc(SCC(=O)NC2CCCCC2)n(C)c(=O)c1Cc1ccc(F)cc1. The molecule has 1 fully saturated rings. The number of nitrogens with zero attached hydrogens (tertiary/aromatic N) is 2. The van der Waals surface area contributed by atoms with Crippen molar-refractivity contribution in [3.8, 4) is 0 Å². The molecule has 0 radical (unpaired) electrons. The normalized spacial score (nSPS) is 14.8. The molecular formula is C21H26FN3O2S. The van der Waals surface area contributed by atoms with E-state index >= 15 is 0 Å². The van der Waals surface area contributed by atoms with Crippen molar-refractivity contribution in [1.29, 1.82) is 0 Å². The van der Waals surface area contributed by atoms with Crippen molar-refractivity contribution in [2.45, 2.75) is 56.6 Å². The van der Waals surface area contributed by atoms with Gasteiger partial charge in [-0.1, -0.05) is 43.2 Å². The molecule has 1 heterocycles. The zero-order chi connectivity index (χ0) is 20.1. The number of aromatic nitrogens is 2. The van der Waals surface area contributed by atoms with E-state index in [0.29, 0.717) is 22.8 Å². The third kappa shape index (κ3) is 5.22. The lowest BCUT2D eigenvalue weighted by molar-refractivity contribution is -0.119. The first kappa shape index (κ1) is 20.6. The van der Waals surface area contributed by atoms with E-state index in [1.807, 2.05) is 0 Å². The smallest absolute Gasteiger partial charge is 0.257 e. The average molecular weight is 404 g/mol. The summed E-state index contributed by atoms with van der Waals surface area (Å²) in [5, 5.41) is 3.61. The van der Waals surface area contributed by atoms with Crippen LogP contribution in [-0.2, 0) is 18.3 Å². The molecule has 7 heteroatoms. The molecule has 0 spiro atoms. The third-order valence-electron chi connectivity index (χ3n) is 5.15. The largest absolute Gasteiger partial charge is 0.353 e. The summed E-state index contributed by atoms with van der Waals surface area (Å²) in [7, 11) is 1.67. The Balaban J connectivity index is 1.66. The number of nitrogens with one attached hydrogen (secondary N) is 1. The van der Waals surface area contributed by atoms with Crippen molar-refractivity contribution in [2.24, 2.45) is 7.05 Å². The van der Waals surface area contributed by atoms with Crippen LogP contribution in [0.4, 0.5) is 4.39 Å². The number of carbonyl (C=O) groups is 1. The van der Waals surface area contributed by atoms with Crippen LogP contribution in [0.25, 0.3) is 0 Å². The second-order valence-corrected chi connectivity index (χ2v) is 8.26.